The summed E-state index contributed by atoms with van der Waals surface area (Å²) in [6.45, 7) is 7.70. The highest BCUT2D eigenvalue weighted by molar-refractivity contribution is 5.43. The second-order valence-electron chi connectivity index (χ2n) is 5.96. The molecule has 1 aliphatic rings. The van der Waals surface area contributed by atoms with Gasteiger partial charge in [-0.1, -0.05) is 11.6 Å². The number of likely N-dealkylation sites (tertiary alicyclic amines) is 1. The molecule has 1 aromatic rings. The smallest absolute Gasteiger partial charge is 0.161 e. The Morgan fingerprint density at radius 2 is 2.09 bits per heavy atom. The van der Waals surface area contributed by atoms with Crippen LogP contribution in [0.1, 0.15) is 25.8 Å². The molecule has 0 aromatic heterocycles. The van der Waals surface area contributed by atoms with Crippen molar-refractivity contribution >= 4 is 0 Å². The maximum atomic E-state index is 5.76. The predicted molar refractivity (Wildman–Crippen MR) is 88.6 cm³/mol. The van der Waals surface area contributed by atoms with Crippen molar-refractivity contribution in [1.82, 2.24) is 4.90 Å². The summed E-state index contributed by atoms with van der Waals surface area (Å²) in [5, 5.41) is 0. The minimum atomic E-state index is 0.369. The first-order chi connectivity index (χ1) is 10.6. The molecule has 1 aromatic carbocycles. The molecule has 0 saturated carbocycles. The van der Waals surface area contributed by atoms with E-state index in [1.54, 1.807) is 14.2 Å². The highest BCUT2D eigenvalue weighted by Crippen LogP contribution is 2.29. The van der Waals surface area contributed by atoms with Gasteiger partial charge < -0.3 is 14.2 Å². The van der Waals surface area contributed by atoms with E-state index in [-0.39, 0.29) is 0 Å². The molecule has 0 unspecified atom stereocenters. The molecular weight excluding hydrogens is 278 g/mol. The van der Waals surface area contributed by atoms with Gasteiger partial charge in [0.15, 0.2) is 11.5 Å². The second-order valence-corrected chi connectivity index (χ2v) is 5.96. The number of ether oxygens (including phenoxy) is 3. The van der Waals surface area contributed by atoms with E-state index < -0.39 is 0 Å². The van der Waals surface area contributed by atoms with Crippen LogP contribution in [0, 0.1) is 0 Å². The molecule has 1 aliphatic heterocycles. The summed E-state index contributed by atoms with van der Waals surface area (Å²) in [5.41, 5.74) is 2.49. The number of benzene rings is 1. The monoisotopic (exact) mass is 305 g/mol. The molecule has 0 aliphatic carbocycles. The third-order valence-electron chi connectivity index (χ3n) is 3.93. The van der Waals surface area contributed by atoms with Crippen LogP contribution in [0.3, 0.4) is 0 Å². The van der Waals surface area contributed by atoms with Crippen LogP contribution in [0.25, 0.3) is 0 Å². The third-order valence-corrected chi connectivity index (χ3v) is 3.93. The topological polar surface area (TPSA) is 30.9 Å². The third kappa shape index (κ3) is 4.75. The van der Waals surface area contributed by atoms with Crippen LogP contribution in [0.2, 0.25) is 0 Å². The normalized spacial score (nSPS) is 18.3. The second kappa shape index (κ2) is 8.20. The lowest BCUT2D eigenvalue weighted by atomic mass is 10.2. The van der Waals surface area contributed by atoms with E-state index in [0.717, 1.165) is 37.6 Å². The van der Waals surface area contributed by atoms with Crippen LogP contribution >= 0.6 is 0 Å². The number of hydrogen-bond acceptors (Lipinski definition) is 4. The molecule has 122 valence electrons. The molecule has 0 bridgehead atoms. The van der Waals surface area contributed by atoms with Gasteiger partial charge in [-0.15, -0.1) is 0 Å². The van der Waals surface area contributed by atoms with E-state index in [1.165, 1.54) is 11.1 Å². The van der Waals surface area contributed by atoms with Crippen molar-refractivity contribution in [2.75, 3.05) is 33.9 Å². The van der Waals surface area contributed by atoms with Crippen LogP contribution in [0.15, 0.2) is 29.8 Å². The van der Waals surface area contributed by atoms with E-state index in [9.17, 15) is 0 Å². The van der Waals surface area contributed by atoms with Gasteiger partial charge in [-0.25, -0.2) is 0 Å². The van der Waals surface area contributed by atoms with Crippen LogP contribution in [0.5, 0.6) is 11.5 Å². The van der Waals surface area contributed by atoms with E-state index in [1.807, 2.05) is 6.07 Å². The van der Waals surface area contributed by atoms with Crippen molar-refractivity contribution < 1.29 is 14.2 Å². The van der Waals surface area contributed by atoms with Crippen molar-refractivity contribution in [3.05, 3.63) is 35.4 Å². The lowest BCUT2D eigenvalue weighted by molar-refractivity contribution is 0.107. The van der Waals surface area contributed by atoms with Crippen molar-refractivity contribution in [3.8, 4) is 11.5 Å². The van der Waals surface area contributed by atoms with Gasteiger partial charge in [-0.3, -0.25) is 4.90 Å². The standard InChI is InChI=1S/C18H27NO3/c1-14(2)8-10-22-17-6-5-15(11-18(17)21-4)12-19-9-7-16(13-19)20-3/h5-6,8,11,16H,7,9-10,12-13H2,1-4H3/t16-/m1/s1. The molecule has 4 heteroatoms. The zero-order valence-electron chi connectivity index (χ0n) is 14.1. The Morgan fingerprint density at radius 1 is 1.27 bits per heavy atom. The van der Waals surface area contributed by atoms with Crippen LogP contribution in [0.4, 0.5) is 0 Å². The fraction of sp³-hybridized carbons (Fsp3) is 0.556. The average molecular weight is 305 g/mol. The fourth-order valence-electron chi connectivity index (χ4n) is 2.62. The molecule has 0 spiro atoms. The van der Waals surface area contributed by atoms with Crippen molar-refractivity contribution in [2.45, 2.75) is 32.9 Å². The lowest BCUT2D eigenvalue weighted by Crippen LogP contribution is -2.22. The summed E-state index contributed by atoms with van der Waals surface area (Å²) in [6, 6.07) is 6.18. The Hall–Kier alpha value is -1.52. The summed E-state index contributed by atoms with van der Waals surface area (Å²) in [5.74, 6) is 1.59. The van der Waals surface area contributed by atoms with Crippen molar-refractivity contribution in [2.24, 2.45) is 0 Å². The molecule has 1 atom stereocenters. The van der Waals surface area contributed by atoms with Gasteiger partial charge in [0, 0.05) is 26.7 Å². The maximum Gasteiger partial charge on any atom is 0.161 e. The number of rotatable bonds is 7. The molecule has 0 N–H and O–H groups in total. The quantitative estimate of drug-likeness (QED) is 0.724. The number of nitrogens with zero attached hydrogens (tertiary/aromatic N) is 1. The molecule has 1 heterocycles. The first-order valence-electron chi connectivity index (χ1n) is 7.80. The molecule has 2 rings (SSSR count). The van der Waals surface area contributed by atoms with Gasteiger partial charge in [-0.2, -0.15) is 0 Å². The van der Waals surface area contributed by atoms with Gasteiger partial charge in [0.25, 0.3) is 0 Å². The first-order valence-corrected chi connectivity index (χ1v) is 7.80. The van der Waals surface area contributed by atoms with E-state index in [2.05, 4.69) is 37.0 Å². The fourth-order valence-corrected chi connectivity index (χ4v) is 2.62. The summed E-state index contributed by atoms with van der Waals surface area (Å²) < 4.78 is 16.6. The Labute approximate surface area is 133 Å². The Balaban J connectivity index is 1.97. The number of methoxy groups -OCH3 is 2. The zero-order chi connectivity index (χ0) is 15.9. The Bertz CT molecular complexity index is 509. The highest BCUT2D eigenvalue weighted by Gasteiger charge is 2.22. The van der Waals surface area contributed by atoms with Gasteiger partial charge >= 0.3 is 0 Å². The van der Waals surface area contributed by atoms with E-state index in [0.29, 0.717) is 12.7 Å². The van der Waals surface area contributed by atoms with Crippen LogP contribution in [-0.4, -0.2) is 44.9 Å². The summed E-state index contributed by atoms with van der Waals surface area (Å²) in [7, 11) is 3.47. The summed E-state index contributed by atoms with van der Waals surface area (Å²) in [4.78, 5) is 2.41. The largest absolute Gasteiger partial charge is 0.493 e. The first kappa shape index (κ1) is 16.8. The van der Waals surface area contributed by atoms with Crippen molar-refractivity contribution in [1.29, 1.82) is 0 Å². The van der Waals surface area contributed by atoms with E-state index in [4.69, 9.17) is 14.2 Å². The van der Waals surface area contributed by atoms with Crippen LogP contribution in [-0.2, 0) is 11.3 Å². The maximum absolute atomic E-state index is 5.76. The summed E-state index contributed by atoms with van der Waals surface area (Å²) >= 11 is 0. The minimum Gasteiger partial charge on any atom is -0.493 e. The Morgan fingerprint density at radius 3 is 2.73 bits per heavy atom. The zero-order valence-corrected chi connectivity index (χ0v) is 14.1. The number of hydrogen-bond donors (Lipinski definition) is 0. The van der Waals surface area contributed by atoms with Crippen molar-refractivity contribution in [3.63, 3.8) is 0 Å². The van der Waals surface area contributed by atoms with Crippen LogP contribution < -0.4 is 9.47 Å². The average Bonchev–Trinajstić information content (AvgIpc) is 2.95. The molecule has 1 saturated heterocycles. The molecular formula is C18H27NO3. The number of allylic oxidation sites excluding steroid dienone is 1. The van der Waals surface area contributed by atoms with E-state index >= 15 is 0 Å². The summed E-state index contributed by atoms with van der Waals surface area (Å²) in [6.07, 6.45) is 3.54. The molecule has 22 heavy (non-hydrogen) atoms. The van der Waals surface area contributed by atoms with Gasteiger partial charge in [0.1, 0.15) is 6.61 Å². The molecule has 4 nitrogen and oxygen atoms in total. The lowest BCUT2D eigenvalue weighted by Gasteiger charge is -2.17. The molecule has 1 fully saturated rings. The predicted octanol–water partition coefficient (Wildman–Crippen LogP) is 3.26. The van der Waals surface area contributed by atoms with Gasteiger partial charge in [0.2, 0.25) is 0 Å². The minimum absolute atomic E-state index is 0.369. The highest BCUT2D eigenvalue weighted by atomic mass is 16.5. The molecule has 0 radical (unpaired) electrons. The Kier molecular flexibility index (Phi) is 6.28. The van der Waals surface area contributed by atoms with Gasteiger partial charge in [0.05, 0.1) is 13.2 Å². The van der Waals surface area contributed by atoms with Gasteiger partial charge in [-0.05, 0) is 44.0 Å². The SMILES string of the molecule is COc1cc(CN2CC[C@@H](OC)C2)ccc1OCC=C(C)C. The molecule has 0 amide bonds.